The SMILES string of the molecule is N#CCC(=O)c1ccccc1C#CCNC(=O)OCC1c2ccccc2-c2ccccc21. The van der Waals surface area contributed by atoms with Gasteiger partial charge in [0, 0.05) is 17.0 Å². The van der Waals surface area contributed by atoms with Gasteiger partial charge in [-0.2, -0.15) is 5.26 Å². The fraction of sp³-hybridized carbons (Fsp3) is 0.148. The van der Waals surface area contributed by atoms with Crippen LogP contribution in [0, 0.1) is 23.2 Å². The molecule has 0 atom stereocenters. The Morgan fingerprint density at radius 1 is 0.906 bits per heavy atom. The molecule has 1 aliphatic carbocycles. The average Bonchev–Trinajstić information content (AvgIpc) is 3.15. The van der Waals surface area contributed by atoms with E-state index in [0.717, 1.165) is 11.1 Å². The molecule has 3 aromatic carbocycles. The molecule has 5 nitrogen and oxygen atoms in total. The van der Waals surface area contributed by atoms with Gasteiger partial charge >= 0.3 is 6.09 Å². The maximum atomic E-state index is 12.2. The monoisotopic (exact) mass is 420 g/mol. The zero-order chi connectivity index (χ0) is 22.3. The summed E-state index contributed by atoms with van der Waals surface area (Å²) < 4.78 is 5.48. The predicted octanol–water partition coefficient (Wildman–Crippen LogP) is 4.67. The van der Waals surface area contributed by atoms with E-state index in [1.165, 1.54) is 11.1 Å². The van der Waals surface area contributed by atoms with Crippen LogP contribution in [0.15, 0.2) is 72.8 Å². The number of amides is 1. The van der Waals surface area contributed by atoms with Gasteiger partial charge < -0.3 is 10.1 Å². The minimum absolute atomic E-state index is 0.00254. The van der Waals surface area contributed by atoms with Gasteiger partial charge in [0.2, 0.25) is 0 Å². The van der Waals surface area contributed by atoms with Crippen molar-refractivity contribution in [3.8, 4) is 29.0 Å². The van der Waals surface area contributed by atoms with Gasteiger partial charge in [0.15, 0.2) is 5.78 Å². The average molecular weight is 420 g/mol. The summed E-state index contributed by atoms with van der Waals surface area (Å²) in [6.45, 7) is 0.316. The van der Waals surface area contributed by atoms with Crippen molar-refractivity contribution in [3.05, 3.63) is 95.1 Å². The van der Waals surface area contributed by atoms with Gasteiger partial charge in [-0.1, -0.05) is 78.6 Å². The smallest absolute Gasteiger partial charge is 0.407 e. The molecule has 5 heteroatoms. The van der Waals surface area contributed by atoms with Crippen LogP contribution in [0.25, 0.3) is 11.1 Å². The molecule has 1 amide bonds. The number of carbonyl (C=O) groups is 2. The molecule has 0 saturated heterocycles. The summed E-state index contributed by atoms with van der Waals surface area (Å²) in [4.78, 5) is 24.2. The highest BCUT2D eigenvalue weighted by Gasteiger charge is 2.28. The van der Waals surface area contributed by atoms with Crippen LogP contribution in [-0.2, 0) is 4.74 Å². The topological polar surface area (TPSA) is 79.2 Å². The molecule has 0 aliphatic heterocycles. The number of alkyl carbamates (subject to hydrolysis) is 1. The van der Waals surface area contributed by atoms with Crippen LogP contribution in [0.1, 0.15) is 39.4 Å². The van der Waals surface area contributed by atoms with Crippen molar-refractivity contribution in [2.45, 2.75) is 12.3 Å². The number of hydrogen-bond donors (Lipinski definition) is 1. The lowest BCUT2D eigenvalue weighted by atomic mass is 9.98. The second kappa shape index (κ2) is 9.64. The molecule has 0 fully saturated rings. The van der Waals surface area contributed by atoms with Gasteiger partial charge in [-0.15, -0.1) is 0 Å². The van der Waals surface area contributed by atoms with Gasteiger partial charge in [0.25, 0.3) is 0 Å². The Hall–Kier alpha value is -4.35. The molecule has 1 N–H and O–H groups in total. The summed E-state index contributed by atoms with van der Waals surface area (Å²) in [7, 11) is 0. The fourth-order valence-corrected chi connectivity index (χ4v) is 3.91. The number of fused-ring (bicyclic) bond motifs is 3. The Morgan fingerprint density at radius 3 is 2.22 bits per heavy atom. The Kier molecular flexibility index (Phi) is 6.30. The highest BCUT2D eigenvalue weighted by Crippen LogP contribution is 2.44. The van der Waals surface area contributed by atoms with E-state index in [9.17, 15) is 9.59 Å². The number of ether oxygens (including phenoxy) is 1. The summed E-state index contributed by atoms with van der Waals surface area (Å²) in [5, 5.41) is 11.4. The lowest BCUT2D eigenvalue weighted by molar-refractivity contribution is 0.0997. The van der Waals surface area contributed by atoms with E-state index in [4.69, 9.17) is 10.00 Å². The van der Waals surface area contributed by atoms with Gasteiger partial charge in [0.05, 0.1) is 19.0 Å². The van der Waals surface area contributed by atoms with Gasteiger partial charge in [0.1, 0.15) is 6.61 Å². The van der Waals surface area contributed by atoms with Crippen LogP contribution < -0.4 is 5.32 Å². The van der Waals surface area contributed by atoms with Crippen LogP contribution in [0.3, 0.4) is 0 Å². The third-order valence-electron chi connectivity index (χ3n) is 5.35. The van der Waals surface area contributed by atoms with Gasteiger partial charge in [-0.25, -0.2) is 4.79 Å². The lowest BCUT2D eigenvalue weighted by Gasteiger charge is -2.14. The zero-order valence-electron chi connectivity index (χ0n) is 17.3. The Labute approximate surface area is 186 Å². The first-order chi connectivity index (χ1) is 15.7. The standard InChI is InChI=1S/C27H20N2O3/c28-16-15-26(30)20-10-2-1-8-19(20)9-7-17-29-27(31)32-18-25-23-13-5-3-11-21(23)22-12-4-6-14-24(22)25/h1-6,8,10-14,25H,15,17-18H2,(H,29,31). The van der Waals surface area contributed by atoms with E-state index < -0.39 is 6.09 Å². The Bertz CT molecular complexity index is 1230. The molecule has 0 saturated carbocycles. The largest absolute Gasteiger partial charge is 0.449 e. The molecule has 3 aromatic rings. The Balaban J connectivity index is 1.35. The number of rotatable bonds is 5. The molecule has 0 radical (unpaired) electrons. The molecular formula is C27H20N2O3. The molecule has 0 spiro atoms. The van der Waals surface area contributed by atoms with Crippen molar-refractivity contribution < 1.29 is 14.3 Å². The molecule has 0 unspecified atom stereocenters. The van der Waals surface area contributed by atoms with Gasteiger partial charge in [-0.05, 0) is 28.3 Å². The van der Waals surface area contributed by atoms with Crippen LogP contribution in [0.4, 0.5) is 4.79 Å². The summed E-state index contributed by atoms with van der Waals surface area (Å²) in [5.41, 5.74) is 5.59. The fourth-order valence-electron chi connectivity index (χ4n) is 3.91. The van der Waals surface area contributed by atoms with E-state index in [2.05, 4.69) is 41.4 Å². The quantitative estimate of drug-likeness (QED) is 0.480. The number of nitrogens with zero attached hydrogens (tertiary/aromatic N) is 1. The highest BCUT2D eigenvalue weighted by molar-refractivity contribution is 5.99. The number of nitrogens with one attached hydrogen (secondary N) is 1. The maximum Gasteiger partial charge on any atom is 0.407 e. The molecule has 32 heavy (non-hydrogen) atoms. The Morgan fingerprint density at radius 2 is 1.53 bits per heavy atom. The molecule has 0 heterocycles. The number of carbonyl (C=O) groups excluding carboxylic acids is 2. The number of nitriles is 1. The zero-order valence-corrected chi connectivity index (χ0v) is 17.3. The summed E-state index contributed by atoms with van der Waals surface area (Å²) in [6.07, 6.45) is -0.744. The molecular weight excluding hydrogens is 400 g/mol. The summed E-state index contributed by atoms with van der Waals surface area (Å²) >= 11 is 0. The first-order valence-corrected chi connectivity index (χ1v) is 10.3. The van der Waals surface area contributed by atoms with Crippen molar-refractivity contribution in [1.29, 1.82) is 5.26 Å². The van der Waals surface area contributed by atoms with Crippen LogP contribution >= 0.6 is 0 Å². The van der Waals surface area contributed by atoms with E-state index >= 15 is 0 Å². The predicted molar refractivity (Wildman–Crippen MR) is 121 cm³/mol. The van der Waals surface area contributed by atoms with E-state index in [0.29, 0.717) is 11.1 Å². The van der Waals surface area contributed by atoms with Crippen molar-refractivity contribution >= 4 is 11.9 Å². The molecule has 1 aliphatic rings. The minimum atomic E-state index is -0.546. The normalized spacial score (nSPS) is 11.3. The van der Waals surface area contributed by atoms with E-state index in [1.807, 2.05) is 30.3 Å². The summed E-state index contributed by atoms with van der Waals surface area (Å²) in [5.74, 6) is 5.43. The minimum Gasteiger partial charge on any atom is -0.449 e. The summed E-state index contributed by atoms with van der Waals surface area (Å²) in [6, 6.07) is 25.0. The third-order valence-corrected chi connectivity index (χ3v) is 5.35. The van der Waals surface area contributed by atoms with E-state index in [1.54, 1.807) is 24.3 Å². The first kappa shape index (κ1) is 20.9. The van der Waals surface area contributed by atoms with E-state index in [-0.39, 0.29) is 31.3 Å². The molecule has 156 valence electrons. The van der Waals surface area contributed by atoms with Gasteiger partial charge in [-0.3, -0.25) is 4.79 Å². The number of Topliss-reactive ketones (excluding diaryl/α,β-unsaturated/α-hetero) is 1. The van der Waals surface area contributed by atoms with Crippen molar-refractivity contribution in [2.75, 3.05) is 13.2 Å². The molecule has 4 rings (SSSR count). The molecule has 0 aromatic heterocycles. The second-order valence-electron chi connectivity index (χ2n) is 7.28. The number of hydrogen-bond acceptors (Lipinski definition) is 4. The van der Waals surface area contributed by atoms with Crippen LogP contribution in [0.5, 0.6) is 0 Å². The maximum absolute atomic E-state index is 12.2. The van der Waals surface area contributed by atoms with Crippen molar-refractivity contribution in [2.24, 2.45) is 0 Å². The third kappa shape index (κ3) is 4.38. The van der Waals surface area contributed by atoms with Crippen molar-refractivity contribution in [3.63, 3.8) is 0 Å². The second-order valence-corrected chi connectivity index (χ2v) is 7.28. The number of benzene rings is 3. The molecule has 0 bridgehead atoms. The lowest BCUT2D eigenvalue weighted by Crippen LogP contribution is -2.26. The number of ketones is 1. The first-order valence-electron chi connectivity index (χ1n) is 10.3. The van der Waals surface area contributed by atoms with Crippen LogP contribution in [-0.4, -0.2) is 25.0 Å². The van der Waals surface area contributed by atoms with Crippen molar-refractivity contribution in [1.82, 2.24) is 5.32 Å². The van der Waals surface area contributed by atoms with Crippen LogP contribution in [0.2, 0.25) is 0 Å². The highest BCUT2D eigenvalue weighted by atomic mass is 16.5.